The zero-order valence-corrected chi connectivity index (χ0v) is 15.4. The Kier molecular flexibility index (Phi) is 9.50. The minimum absolute atomic E-state index is 0.0318. The summed E-state index contributed by atoms with van der Waals surface area (Å²) in [7, 11) is 0. The van der Waals surface area contributed by atoms with Crippen molar-refractivity contribution in [3.05, 3.63) is 96.0 Å². The summed E-state index contributed by atoms with van der Waals surface area (Å²) in [4.78, 5) is 0. The molecular weight excluding hydrogens is 333 g/mol. The molecule has 0 fully saturated rings. The Morgan fingerprint density at radius 1 is 1.15 bits per heavy atom. The van der Waals surface area contributed by atoms with Gasteiger partial charge in [-0.1, -0.05) is 55.7 Å². The number of allylic oxidation sites excluding steroid dienone is 13. The molecule has 1 aliphatic rings. The maximum atomic E-state index is 13.7. The van der Waals surface area contributed by atoms with Gasteiger partial charge in [0.15, 0.2) is 0 Å². The first-order valence-corrected chi connectivity index (χ1v) is 8.66. The molecule has 0 aromatic heterocycles. The van der Waals surface area contributed by atoms with E-state index >= 15 is 0 Å². The van der Waals surface area contributed by atoms with Crippen LogP contribution >= 0.6 is 0 Å². The van der Waals surface area contributed by atoms with E-state index in [0.29, 0.717) is 11.5 Å². The highest BCUT2D eigenvalue weighted by Crippen LogP contribution is 2.29. The van der Waals surface area contributed by atoms with E-state index in [1.165, 1.54) is 18.2 Å². The minimum Gasteiger partial charge on any atom is -0.246 e. The van der Waals surface area contributed by atoms with Crippen LogP contribution in [0.5, 0.6) is 0 Å². The Morgan fingerprint density at radius 3 is 2.35 bits per heavy atom. The molecule has 0 amide bonds. The van der Waals surface area contributed by atoms with Crippen LogP contribution in [0.15, 0.2) is 96.0 Å². The maximum absolute atomic E-state index is 13.7. The topological polar surface area (TPSA) is 0 Å². The standard InChI is InChI=1S/C23H27F3/c1-5-19-8-10-21(11-9-19)20(6-2)12-13-22(16-25)23(18(4)26)14-7-17(3)15-24/h5-7,10,12-14,19H,1-2,4,8-9,11,15-16H2,3H3/b17-7-,20-12+,22-13+,23-14+. The van der Waals surface area contributed by atoms with Crippen LogP contribution in [0.4, 0.5) is 13.2 Å². The Labute approximate surface area is 155 Å². The molecule has 3 heteroatoms. The van der Waals surface area contributed by atoms with Gasteiger partial charge in [0, 0.05) is 5.57 Å². The molecule has 0 aromatic rings. The van der Waals surface area contributed by atoms with Crippen LogP contribution in [-0.4, -0.2) is 13.3 Å². The van der Waals surface area contributed by atoms with Crippen molar-refractivity contribution in [2.45, 2.75) is 26.2 Å². The normalized spacial score (nSPS) is 19.8. The van der Waals surface area contributed by atoms with Gasteiger partial charge in [0.25, 0.3) is 0 Å². The highest BCUT2D eigenvalue weighted by molar-refractivity contribution is 5.49. The second-order valence-corrected chi connectivity index (χ2v) is 6.28. The quantitative estimate of drug-likeness (QED) is 0.300. The van der Waals surface area contributed by atoms with Crippen molar-refractivity contribution < 1.29 is 13.2 Å². The number of rotatable bonds is 9. The van der Waals surface area contributed by atoms with E-state index in [1.807, 2.05) is 6.08 Å². The number of alkyl halides is 2. The lowest BCUT2D eigenvalue weighted by molar-refractivity contribution is 0.540. The van der Waals surface area contributed by atoms with Gasteiger partial charge in [-0.05, 0) is 54.4 Å². The first-order chi connectivity index (χ1) is 12.5. The number of hydrogen-bond donors (Lipinski definition) is 0. The van der Waals surface area contributed by atoms with E-state index in [4.69, 9.17) is 0 Å². The maximum Gasteiger partial charge on any atom is 0.123 e. The van der Waals surface area contributed by atoms with E-state index in [1.54, 1.807) is 19.1 Å². The van der Waals surface area contributed by atoms with Gasteiger partial charge in [-0.2, -0.15) is 0 Å². The zero-order valence-electron chi connectivity index (χ0n) is 15.4. The summed E-state index contributed by atoms with van der Waals surface area (Å²) in [5.41, 5.74) is 2.64. The van der Waals surface area contributed by atoms with Crippen LogP contribution in [0.1, 0.15) is 26.2 Å². The summed E-state index contributed by atoms with van der Waals surface area (Å²) in [6.07, 6.45) is 14.7. The highest BCUT2D eigenvalue weighted by Gasteiger charge is 2.13. The number of hydrogen-bond acceptors (Lipinski definition) is 0. The molecule has 0 aromatic carbocycles. The second-order valence-electron chi connectivity index (χ2n) is 6.28. The van der Waals surface area contributed by atoms with Crippen LogP contribution in [-0.2, 0) is 0 Å². The van der Waals surface area contributed by atoms with Crippen molar-refractivity contribution >= 4 is 0 Å². The monoisotopic (exact) mass is 360 g/mol. The summed E-state index contributed by atoms with van der Waals surface area (Å²) in [5.74, 6) is -0.271. The van der Waals surface area contributed by atoms with Crippen LogP contribution in [0.3, 0.4) is 0 Å². The van der Waals surface area contributed by atoms with Crippen molar-refractivity contribution in [1.29, 1.82) is 0 Å². The van der Waals surface area contributed by atoms with Gasteiger partial charge in [0.05, 0.1) is 0 Å². The average molecular weight is 360 g/mol. The summed E-state index contributed by atoms with van der Waals surface area (Å²) in [6.45, 7) is 11.0. The van der Waals surface area contributed by atoms with Gasteiger partial charge in [-0.15, -0.1) is 6.58 Å². The van der Waals surface area contributed by atoms with E-state index in [-0.39, 0.29) is 11.1 Å². The fourth-order valence-electron chi connectivity index (χ4n) is 2.68. The molecule has 0 heterocycles. The minimum atomic E-state index is -0.851. The van der Waals surface area contributed by atoms with Crippen LogP contribution in [0.2, 0.25) is 0 Å². The van der Waals surface area contributed by atoms with E-state index in [0.717, 1.165) is 30.4 Å². The van der Waals surface area contributed by atoms with Gasteiger partial charge < -0.3 is 0 Å². The third kappa shape index (κ3) is 6.55. The molecule has 0 aliphatic heterocycles. The molecule has 140 valence electrons. The molecule has 1 aliphatic carbocycles. The summed E-state index contributed by atoms with van der Waals surface area (Å²) < 4.78 is 39.8. The SMILES string of the molecule is C=C\C(=C/C=C(CF)/C(=C/C=C(/C)CF)C(=C)F)C1=CCC(C=C)CC1. The predicted molar refractivity (Wildman–Crippen MR) is 106 cm³/mol. The molecule has 0 N–H and O–H groups in total. The lowest BCUT2D eigenvalue weighted by Crippen LogP contribution is -2.03. The Hall–Kier alpha value is -2.29. The van der Waals surface area contributed by atoms with Gasteiger partial charge >= 0.3 is 0 Å². The van der Waals surface area contributed by atoms with E-state index in [9.17, 15) is 13.2 Å². The van der Waals surface area contributed by atoms with Gasteiger partial charge in [-0.3, -0.25) is 0 Å². The molecule has 0 spiro atoms. The second kappa shape index (κ2) is 11.3. The summed E-state index contributed by atoms with van der Waals surface area (Å²) in [5, 5.41) is 0. The largest absolute Gasteiger partial charge is 0.246 e. The van der Waals surface area contributed by atoms with Gasteiger partial charge in [0.1, 0.15) is 19.2 Å². The van der Waals surface area contributed by atoms with Gasteiger partial charge in [0.2, 0.25) is 0 Å². The molecule has 1 rings (SSSR count). The highest BCUT2D eigenvalue weighted by atomic mass is 19.1. The Morgan fingerprint density at radius 2 is 1.88 bits per heavy atom. The van der Waals surface area contributed by atoms with E-state index in [2.05, 4.69) is 25.8 Å². The van der Waals surface area contributed by atoms with Crippen LogP contribution in [0.25, 0.3) is 0 Å². The van der Waals surface area contributed by atoms with Gasteiger partial charge in [-0.25, -0.2) is 13.2 Å². The third-order valence-corrected chi connectivity index (χ3v) is 4.37. The number of halogens is 3. The molecule has 0 bridgehead atoms. The first kappa shape index (κ1) is 21.8. The molecule has 0 radical (unpaired) electrons. The molecule has 0 nitrogen and oxygen atoms in total. The predicted octanol–water partition coefficient (Wildman–Crippen LogP) is 7.23. The molecule has 26 heavy (non-hydrogen) atoms. The summed E-state index contributed by atoms with van der Waals surface area (Å²) in [6, 6.07) is 0. The first-order valence-electron chi connectivity index (χ1n) is 8.66. The molecule has 1 unspecified atom stereocenters. The molecule has 0 saturated carbocycles. The van der Waals surface area contributed by atoms with Crippen LogP contribution in [0, 0.1) is 5.92 Å². The zero-order chi connectivity index (χ0) is 19.5. The van der Waals surface area contributed by atoms with Crippen molar-refractivity contribution in [3.63, 3.8) is 0 Å². The van der Waals surface area contributed by atoms with Crippen LogP contribution < -0.4 is 0 Å². The smallest absolute Gasteiger partial charge is 0.123 e. The molecular formula is C23H27F3. The fourth-order valence-corrected chi connectivity index (χ4v) is 2.68. The van der Waals surface area contributed by atoms with E-state index < -0.39 is 19.2 Å². The van der Waals surface area contributed by atoms with Crippen molar-refractivity contribution in [1.82, 2.24) is 0 Å². The van der Waals surface area contributed by atoms with Crippen molar-refractivity contribution in [2.75, 3.05) is 13.3 Å². The summed E-state index contributed by atoms with van der Waals surface area (Å²) >= 11 is 0. The lowest BCUT2D eigenvalue weighted by Gasteiger charge is -2.19. The average Bonchev–Trinajstić information content (AvgIpc) is 2.66. The lowest BCUT2D eigenvalue weighted by atomic mass is 9.86. The molecule has 0 saturated heterocycles. The molecule has 1 atom stereocenters. The third-order valence-electron chi connectivity index (χ3n) is 4.37. The fraction of sp³-hybridized carbons (Fsp3) is 0.304. The van der Waals surface area contributed by atoms with Crippen molar-refractivity contribution in [2.24, 2.45) is 5.92 Å². The Bertz CT molecular complexity index is 684. The van der Waals surface area contributed by atoms with Crippen molar-refractivity contribution in [3.8, 4) is 0 Å². The Balaban J connectivity index is 3.16.